The van der Waals surface area contributed by atoms with Crippen molar-refractivity contribution in [2.24, 2.45) is 0 Å². The van der Waals surface area contributed by atoms with E-state index in [1.54, 1.807) is 24.3 Å². The third-order valence-electron chi connectivity index (χ3n) is 1.75. The number of hydrogen-bond acceptors (Lipinski definition) is 2. The molecule has 0 unspecified atom stereocenters. The lowest BCUT2D eigenvalue weighted by Gasteiger charge is -2.00. The standard InChI is InChI=1S/C11H12NO/c1-2-6-10(12)11(13)9-7-4-3-5-8-9/h4-5,7-8,12H,2,6H2,1H3. The van der Waals surface area contributed by atoms with Crippen LogP contribution in [0.2, 0.25) is 0 Å². The molecule has 13 heavy (non-hydrogen) atoms. The van der Waals surface area contributed by atoms with Crippen LogP contribution in [-0.4, -0.2) is 11.5 Å². The molecule has 1 radical (unpaired) electrons. The van der Waals surface area contributed by atoms with Gasteiger partial charge in [-0.25, -0.2) is 0 Å². The van der Waals surface area contributed by atoms with Crippen LogP contribution < -0.4 is 0 Å². The average Bonchev–Trinajstić information content (AvgIpc) is 2.18. The first-order chi connectivity index (χ1) is 6.25. The molecular weight excluding hydrogens is 162 g/mol. The van der Waals surface area contributed by atoms with Gasteiger partial charge in [-0.3, -0.25) is 4.79 Å². The van der Waals surface area contributed by atoms with Gasteiger partial charge in [-0.05, 0) is 12.5 Å². The van der Waals surface area contributed by atoms with Crippen LogP contribution in [-0.2, 0) is 0 Å². The van der Waals surface area contributed by atoms with Crippen molar-refractivity contribution < 1.29 is 4.79 Å². The van der Waals surface area contributed by atoms with Crippen molar-refractivity contribution in [2.75, 3.05) is 0 Å². The highest BCUT2D eigenvalue weighted by Gasteiger charge is 2.09. The van der Waals surface area contributed by atoms with Gasteiger partial charge in [-0.2, -0.15) is 0 Å². The highest BCUT2D eigenvalue weighted by Crippen LogP contribution is 2.03. The maximum Gasteiger partial charge on any atom is 0.206 e. The smallest absolute Gasteiger partial charge is 0.206 e. The zero-order chi connectivity index (χ0) is 9.68. The molecule has 0 bridgehead atoms. The molecule has 0 aliphatic rings. The predicted molar refractivity (Wildman–Crippen MR) is 52.2 cm³/mol. The molecule has 1 rings (SSSR count). The Bertz CT molecular complexity index is 303. The molecule has 0 aromatic heterocycles. The molecule has 0 spiro atoms. The van der Waals surface area contributed by atoms with E-state index >= 15 is 0 Å². The third-order valence-corrected chi connectivity index (χ3v) is 1.75. The van der Waals surface area contributed by atoms with E-state index < -0.39 is 0 Å². The highest BCUT2D eigenvalue weighted by atomic mass is 16.1. The summed E-state index contributed by atoms with van der Waals surface area (Å²) in [6.07, 6.45) is 1.39. The van der Waals surface area contributed by atoms with E-state index in [9.17, 15) is 4.79 Å². The molecule has 0 amide bonds. The fourth-order valence-electron chi connectivity index (χ4n) is 1.08. The minimum atomic E-state index is -0.171. The Kier molecular flexibility index (Phi) is 3.38. The van der Waals surface area contributed by atoms with Crippen molar-refractivity contribution in [1.29, 1.82) is 5.41 Å². The molecule has 1 N–H and O–H groups in total. The fraction of sp³-hybridized carbons (Fsp3) is 0.273. The molecule has 0 aliphatic heterocycles. The predicted octanol–water partition coefficient (Wildman–Crippen LogP) is 2.49. The van der Waals surface area contributed by atoms with Crippen molar-refractivity contribution in [3.63, 3.8) is 0 Å². The summed E-state index contributed by atoms with van der Waals surface area (Å²) in [5.41, 5.74) is 0.769. The van der Waals surface area contributed by atoms with Gasteiger partial charge in [0.15, 0.2) is 0 Å². The number of nitrogens with one attached hydrogen (secondary N) is 1. The van der Waals surface area contributed by atoms with Gasteiger partial charge in [0.25, 0.3) is 0 Å². The summed E-state index contributed by atoms with van der Waals surface area (Å²) >= 11 is 0. The zero-order valence-electron chi connectivity index (χ0n) is 7.63. The van der Waals surface area contributed by atoms with Gasteiger partial charge in [0.05, 0.1) is 5.71 Å². The van der Waals surface area contributed by atoms with Crippen LogP contribution in [0.5, 0.6) is 0 Å². The van der Waals surface area contributed by atoms with Gasteiger partial charge in [-0.1, -0.05) is 37.6 Å². The molecular formula is C11H12NO. The van der Waals surface area contributed by atoms with Gasteiger partial charge >= 0.3 is 0 Å². The average molecular weight is 174 g/mol. The Balaban J connectivity index is 2.74. The SMILES string of the molecule is CCCC(=N)C(=O)c1cc[c]cc1. The fourth-order valence-corrected chi connectivity index (χ4v) is 1.08. The van der Waals surface area contributed by atoms with E-state index in [0.29, 0.717) is 12.0 Å². The topological polar surface area (TPSA) is 40.9 Å². The van der Waals surface area contributed by atoms with E-state index in [4.69, 9.17) is 5.41 Å². The molecule has 0 heterocycles. The Morgan fingerprint density at radius 1 is 1.46 bits per heavy atom. The van der Waals surface area contributed by atoms with E-state index in [-0.39, 0.29) is 11.5 Å². The Hall–Kier alpha value is -1.44. The zero-order valence-corrected chi connectivity index (χ0v) is 7.63. The summed E-state index contributed by atoms with van der Waals surface area (Å²) in [6.45, 7) is 1.96. The number of rotatable bonds is 4. The van der Waals surface area contributed by atoms with Crippen LogP contribution in [0.25, 0.3) is 0 Å². The maximum absolute atomic E-state index is 11.5. The summed E-state index contributed by atoms with van der Waals surface area (Å²) in [6, 6.07) is 9.58. The molecule has 2 nitrogen and oxygen atoms in total. The van der Waals surface area contributed by atoms with Gasteiger partial charge in [0.1, 0.15) is 0 Å². The second-order valence-corrected chi connectivity index (χ2v) is 2.85. The maximum atomic E-state index is 11.5. The quantitative estimate of drug-likeness (QED) is 0.553. The van der Waals surface area contributed by atoms with Crippen molar-refractivity contribution in [3.05, 3.63) is 35.9 Å². The van der Waals surface area contributed by atoms with Crippen LogP contribution in [0.1, 0.15) is 30.1 Å². The monoisotopic (exact) mass is 174 g/mol. The van der Waals surface area contributed by atoms with E-state index in [0.717, 1.165) is 6.42 Å². The van der Waals surface area contributed by atoms with Crippen molar-refractivity contribution in [2.45, 2.75) is 19.8 Å². The normalized spacial score (nSPS) is 9.62. The number of ketones is 1. The summed E-state index contributed by atoms with van der Waals surface area (Å²) in [5.74, 6) is -0.171. The summed E-state index contributed by atoms with van der Waals surface area (Å²) in [5, 5.41) is 7.47. The minimum Gasteiger partial charge on any atom is -0.301 e. The number of carbonyl (C=O) groups is 1. The lowest BCUT2D eigenvalue weighted by Crippen LogP contribution is -2.12. The van der Waals surface area contributed by atoms with Gasteiger partial charge in [-0.15, -0.1) is 0 Å². The largest absolute Gasteiger partial charge is 0.301 e. The molecule has 0 aliphatic carbocycles. The van der Waals surface area contributed by atoms with Crippen LogP contribution in [0.15, 0.2) is 24.3 Å². The second-order valence-electron chi connectivity index (χ2n) is 2.85. The first-order valence-electron chi connectivity index (χ1n) is 4.34. The van der Waals surface area contributed by atoms with Crippen molar-refractivity contribution >= 4 is 11.5 Å². The van der Waals surface area contributed by atoms with Crippen LogP contribution in [0.4, 0.5) is 0 Å². The van der Waals surface area contributed by atoms with Gasteiger partial charge in [0, 0.05) is 5.56 Å². The van der Waals surface area contributed by atoms with Crippen molar-refractivity contribution in [1.82, 2.24) is 0 Å². The molecule has 0 saturated heterocycles. The Morgan fingerprint density at radius 2 is 2.08 bits per heavy atom. The van der Waals surface area contributed by atoms with Crippen LogP contribution >= 0.6 is 0 Å². The molecule has 1 aromatic rings. The van der Waals surface area contributed by atoms with E-state index in [1.807, 2.05) is 6.92 Å². The van der Waals surface area contributed by atoms with Gasteiger partial charge in [0.2, 0.25) is 5.78 Å². The molecule has 0 atom stereocenters. The van der Waals surface area contributed by atoms with Gasteiger partial charge < -0.3 is 5.41 Å². The molecule has 0 saturated carbocycles. The highest BCUT2D eigenvalue weighted by molar-refractivity contribution is 6.44. The number of hydrogen-bond donors (Lipinski definition) is 1. The first-order valence-corrected chi connectivity index (χ1v) is 4.34. The Labute approximate surface area is 78.1 Å². The lowest BCUT2D eigenvalue weighted by molar-refractivity contribution is 0.106. The summed E-state index contributed by atoms with van der Waals surface area (Å²) < 4.78 is 0. The first kappa shape index (κ1) is 9.65. The third kappa shape index (κ3) is 2.51. The number of Topliss-reactive ketones (excluding diaryl/α,β-unsaturated/α-hetero) is 1. The van der Waals surface area contributed by atoms with Crippen LogP contribution in [0, 0.1) is 11.5 Å². The summed E-state index contributed by atoms with van der Waals surface area (Å²) in [4.78, 5) is 11.5. The summed E-state index contributed by atoms with van der Waals surface area (Å²) in [7, 11) is 0. The van der Waals surface area contributed by atoms with Crippen molar-refractivity contribution in [3.8, 4) is 0 Å². The second kappa shape index (κ2) is 4.55. The molecule has 1 aromatic carbocycles. The Morgan fingerprint density at radius 3 is 2.62 bits per heavy atom. The minimum absolute atomic E-state index is 0.171. The van der Waals surface area contributed by atoms with Crippen LogP contribution in [0.3, 0.4) is 0 Å². The number of carbonyl (C=O) groups excluding carboxylic acids is 1. The molecule has 0 fully saturated rings. The van der Waals surface area contributed by atoms with E-state index in [2.05, 4.69) is 6.07 Å². The molecule has 2 heteroatoms. The molecule has 67 valence electrons. The lowest BCUT2D eigenvalue weighted by atomic mass is 10.0. The van der Waals surface area contributed by atoms with E-state index in [1.165, 1.54) is 0 Å². The number of benzene rings is 1.